The first-order valence-corrected chi connectivity index (χ1v) is 5.37. The van der Waals surface area contributed by atoms with E-state index in [-0.39, 0.29) is 22.8 Å². The van der Waals surface area contributed by atoms with Crippen LogP contribution in [0.4, 0.5) is 14.5 Å². The fourth-order valence-corrected chi connectivity index (χ4v) is 1.56. The third kappa shape index (κ3) is 3.04. The molecule has 0 spiro atoms. The molecule has 0 aliphatic heterocycles. The highest BCUT2D eigenvalue weighted by Gasteiger charge is 2.13. The van der Waals surface area contributed by atoms with Gasteiger partial charge in [0.1, 0.15) is 5.75 Å². The number of carbonyl (C=O) groups excluding carboxylic acids is 1. The van der Waals surface area contributed by atoms with E-state index in [1.165, 1.54) is 24.4 Å². The van der Waals surface area contributed by atoms with Gasteiger partial charge >= 0.3 is 6.61 Å². The fraction of sp³-hybridized carbons (Fsp3) is 0.0769. The van der Waals surface area contributed by atoms with Crippen molar-refractivity contribution in [2.24, 2.45) is 0 Å². The summed E-state index contributed by atoms with van der Waals surface area (Å²) in [4.78, 5) is 15.9. The van der Waals surface area contributed by atoms with Crippen LogP contribution in [0.1, 0.15) is 15.9 Å². The Kier molecular flexibility index (Phi) is 3.70. The number of aromatic nitrogens is 1. The predicted molar refractivity (Wildman–Crippen MR) is 65.2 cm³/mol. The maximum atomic E-state index is 12.1. The molecule has 4 nitrogen and oxygen atoms in total. The van der Waals surface area contributed by atoms with Crippen LogP contribution < -0.4 is 10.5 Å². The van der Waals surface area contributed by atoms with Crippen LogP contribution in [-0.2, 0) is 0 Å². The van der Waals surface area contributed by atoms with Gasteiger partial charge in [0.2, 0.25) is 0 Å². The number of nitrogens with zero attached hydrogens (tertiary/aromatic N) is 1. The van der Waals surface area contributed by atoms with Crippen LogP contribution in [-0.4, -0.2) is 17.4 Å². The zero-order chi connectivity index (χ0) is 13.8. The number of anilines is 1. The Morgan fingerprint density at radius 1 is 1.26 bits per heavy atom. The van der Waals surface area contributed by atoms with Gasteiger partial charge in [0.25, 0.3) is 0 Å². The summed E-state index contributed by atoms with van der Waals surface area (Å²) >= 11 is 0. The van der Waals surface area contributed by atoms with Crippen LogP contribution in [0, 0.1) is 0 Å². The van der Waals surface area contributed by atoms with Crippen molar-refractivity contribution < 1.29 is 18.3 Å². The number of carbonyl (C=O) groups is 1. The summed E-state index contributed by atoms with van der Waals surface area (Å²) in [6.07, 6.45) is 2.97. The lowest BCUT2D eigenvalue weighted by molar-refractivity contribution is -0.0493. The lowest BCUT2D eigenvalue weighted by atomic mass is 10.0. The number of halogens is 2. The first-order valence-electron chi connectivity index (χ1n) is 5.37. The number of hydrogen-bond acceptors (Lipinski definition) is 4. The molecule has 0 bridgehead atoms. The molecule has 0 amide bonds. The normalized spacial score (nSPS) is 10.5. The van der Waals surface area contributed by atoms with E-state index in [1.54, 1.807) is 18.3 Å². The molecule has 6 heteroatoms. The Labute approximate surface area is 107 Å². The zero-order valence-corrected chi connectivity index (χ0v) is 9.72. The van der Waals surface area contributed by atoms with Crippen LogP contribution in [0.5, 0.6) is 5.75 Å². The molecule has 2 N–H and O–H groups in total. The van der Waals surface area contributed by atoms with Gasteiger partial charge in [-0.3, -0.25) is 9.78 Å². The average Bonchev–Trinajstić information content (AvgIpc) is 2.41. The molecule has 98 valence electrons. The maximum absolute atomic E-state index is 12.1. The third-order valence-electron chi connectivity index (χ3n) is 2.41. The number of ketones is 1. The third-order valence-corrected chi connectivity index (χ3v) is 2.41. The van der Waals surface area contributed by atoms with E-state index >= 15 is 0 Å². The standard InChI is InChI=1S/C13H10F2N2O2/c14-13(15)19-11-4-3-8(6-10(11)16)12(18)9-2-1-5-17-7-9/h1-7,13H,16H2. The van der Waals surface area contributed by atoms with E-state index in [0.29, 0.717) is 5.56 Å². The second kappa shape index (κ2) is 5.43. The van der Waals surface area contributed by atoms with Crippen molar-refractivity contribution in [3.8, 4) is 5.75 Å². The molecule has 1 aromatic heterocycles. The predicted octanol–water partition coefficient (Wildman–Crippen LogP) is 2.50. The monoisotopic (exact) mass is 264 g/mol. The SMILES string of the molecule is Nc1cc(C(=O)c2cccnc2)ccc1OC(F)F. The fourth-order valence-electron chi connectivity index (χ4n) is 1.56. The molecule has 0 aliphatic rings. The number of benzene rings is 1. The minimum Gasteiger partial charge on any atom is -0.433 e. The Hall–Kier alpha value is -2.50. The molecule has 0 saturated carbocycles. The average molecular weight is 264 g/mol. The number of hydrogen-bond donors (Lipinski definition) is 1. The molecular formula is C13H10F2N2O2. The van der Waals surface area contributed by atoms with Crippen molar-refractivity contribution in [3.05, 3.63) is 53.9 Å². The quantitative estimate of drug-likeness (QED) is 0.680. The van der Waals surface area contributed by atoms with Crippen molar-refractivity contribution in [3.63, 3.8) is 0 Å². The van der Waals surface area contributed by atoms with Crippen LogP contribution >= 0.6 is 0 Å². The molecule has 0 radical (unpaired) electrons. The maximum Gasteiger partial charge on any atom is 0.387 e. The Morgan fingerprint density at radius 2 is 2.05 bits per heavy atom. The minimum atomic E-state index is -2.96. The van der Waals surface area contributed by atoms with Gasteiger partial charge in [-0.25, -0.2) is 0 Å². The molecule has 2 rings (SSSR count). The van der Waals surface area contributed by atoms with Gasteiger partial charge in [-0.15, -0.1) is 0 Å². The molecule has 0 aliphatic carbocycles. The summed E-state index contributed by atoms with van der Waals surface area (Å²) in [5.74, 6) is -0.443. The molecule has 0 unspecified atom stereocenters. The second-order valence-electron chi connectivity index (χ2n) is 3.70. The van der Waals surface area contributed by atoms with E-state index in [4.69, 9.17) is 5.73 Å². The van der Waals surface area contributed by atoms with Crippen LogP contribution in [0.2, 0.25) is 0 Å². The van der Waals surface area contributed by atoms with Gasteiger partial charge in [0, 0.05) is 23.5 Å². The number of rotatable bonds is 4. The first kappa shape index (κ1) is 12.9. The van der Waals surface area contributed by atoms with Crippen LogP contribution in [0.15, 0.2) is 42.7 Å². The second-order valence-corrected chi connectivity index (χ2v) is 3.70. The molecule has 0 atom stereocenters. The van der Waals surface area contributed by atoms with Gasteiger partial charge in [0.05, 0.1) is 5.69 Å². The molecule has 1 aromatic carbocycles. The summed E-state index contributed by atoms with van der Waals surface area (Å²) in [7, 11) is 0. The van der Waals surface area contributed by atoms with E-state index in [9.17, 15) is 13.6 Å². The largest absolute Gasteiger partial charge is 0.433 e. The number of nitrogens with two attached hydrogens (primary N) is 1. The van der Waals surface area contributed by atoms with Gasteiger partial charge in [0.15, 0.2) is 5.78 Å². The topological polar surface area (TPSA) is 65.2 Å². The van der Waals surface area contributed by atoms with Crippen LogP contribution in [0.3, 0.4) is 0 Å². The molecule has 19 heavy (non-hydrogen) atoms. The van der Waals surface area contributed by atoms with Crippen molar-refractivity contribution in [1.29, 1.82) is 0 Å². The van der Waals surface area contributed by atoms with Crippen molar-refractivity contribution >= 4 is 11.5 Å². The zero-order valence-electron chi connectivity index (χ0n) is 9.72. The summed E-state index contributed by atoms with van der Waals surface area (Å²) in [5.41, 5.74) is 6.22. The lowest BCUT2D eigenvalue weighted by Crippen LogP contribution is -2.07. The molecule has 2 aromatic rings. The summed E-state index contributed by atoms with van der Waals surface area (Å²) in [5, 5.41) is 0. The summed E-state index contributed by atoms with van der Waals surface area (Å²) in [6, 6.07) is 7.15. The van der Waals surface area contributed by atoms with Gasteiger partial charge in [-0.05, 0) is 30.3 Å². The van der Waals surface area contributed by atoms with Crippen molar-refractivity contribution in [2.75, 3.05) is 5.73 Å². The number of alkyl halides is 2. The highest BCUT2D eigenvalue weighted by molar-refractivity contribution is 6.09. The van der Waals surface area contributed by atoms with Gasteiger partial charge in [-0.1, -0.05) is 0 Å². The highest BCUT2D eigenvalue weighted by Crippen LogP contribution is 2.25. The number of ether oxygens (including phenoxy) is 1. The van der Waals surface area contributed by atoms with E-state index in [2.05, 4.69) is 9.72 Å². The van der Waals surface area contributed by atoms with Crippen LogP contribution in [0.25, 0.3) is 0 Å². The van der Waals surface area contributed by atoms with E-state index in [1.807, 2.05) is 0 Å². The van der Waals surface area contributed by atoms with Crippen molar-refractivity contribution in [2.45, 2.75) is 6.61 Å². The molecule has 0 fully saturated rings. The minimum absolute atomic E-state index is 0.0185. The van der Waals surface area contributed by atoms with Gasteiger partial charge in [-0.2, -0.15) is 8.78 Å². The summed E-state index contributed by atoms with van der Waals surface area (Å²) < 4.78 is 28.3. The molecule has 1 heterocycles. The van der Waals surface area contributed by atoms with Gasteiger partial charge < -0.3 is 10.5 Å². The Balaban J connectivity index is 2.27. The van der Waals surface area contributed by atoms with E-state index in [0.717, 1.165) is 0 Å². The Morgan fingerprint density at radius 3 is 2.63 bits per heavy atom. The first-order chi connectivity index (χ1) is 9.08. The molecule has 0 saturated heterocycles. The van der Waals surface area contributed by atoms with E-state index < -0.39 is 6.61 Å². The highest BCUT2D eigenvalue weighted by atomic mass is 19.3. The van der Waals surface area contributed by atoms with Crippen molar-refractivity contribution in [1.82, 2.24) is 4.98 Å². The molecular weight excluding hydrogens is 254 g/mol. The Bertz CT molecular complexity index is 588. The number of nitrogen functional groups attached to an aromatic ring is 1. The summed E-state index contributed by atoms with van der Waals surface area (Å²) in [6.45, 7) is -2.96. The smallest absolute Gasteiger partial charge is 0.387 e. The number of pyridine rings is 1. The lowest BCUT2D eigenvalue weighted by Gasteiger charge is -2.08.